The van der Waals surface area contributed by atoms with E-state index in [1.807, 2.05) is 25.7 Å². The van der Waals surface area contributed by atoms with Gasteiger partial charge in [0.25, 0.3) is 0 Å². The first-order chi connectivity index (χ1) is 7.32. The van der Waals surface area contributed by atoms with E-state index in [4.69, 9.17) is 4.74 Å². The maximum absolute atomic E-state index is 12.2. The van der Waals surface area contributed by atoms with E-state index in [1.165, 1.54) is 6.42 Å². The van der Waals surface area contributed by atoms with Crippen LogP contribution in [0.1, 0.15) is 59.8 Å². The summed E-state index contributed by atoms with van der Waals surface area (Å²) in [6.07, 6.45) is 5.70. The number of carbonyl (C=O) groups excluding carboxylic acids is 1. The number of nitrogens with zero attached hydrogens (tertiary/aromatic N) is 1. The monoisotopic (exact) mass is 225 g/mol. The van der Waals surface area contributed by atoms with Crippen LogP contribution in [-0.4, -0.2) is 28.2 Å². The summed E-state index contributed by atoms with van der Waals surface area (Å²) in [5.74, 6) is 0. The van der Waals surface area contributed by atoms with Gasteiger partial charge in [-0.15, -0.1) is 0 Å². The Kier molecular flexibility index (Phi) is 2.67. The maximum atomic E-state index is 12.2. The Balaban J connectivity index is 2.12. The maximum Gasteiger partial charge on any atom is 0.410 e. The van der Waals surface area contributed by atoms with Crippen molar-refractivity contribution in [2.24, 2.45) is 0 Å². The number of fused-ring (bicyclic) bond motifs is 2. The average Bonchev–Trinajstić information content (AvgIpc) is 2.30. The van der Waals surface area contributed by atoms with Gasteiger partial charge in [-0.2, -0.15) is 0 Å². The van der Waals surface area contributed by atoms with Gasteiger partial charge in [-0.3, -0.25) is 4.90 Å². The summed E-state index contributed by atoms with van der Waals surface area (Å²) in [6, 6.07) is 0.425. The van der Waals surface area contributed by atoms with Crippen LogP contribution in [0, 0.1) is 0 Å². The van der Waals surface area contributed by atoms with E-state index in [0.717, 1.165) is 25.7 Å². The lowest BCUT2D eigenvalue weighted by Gasteiger charge is -2.42. The second kappa shape index (κ2) is 3.64. The van der Waals surface area contributed by atoms with Crippen LogP contribution < -0.4 is 0 Å². The number of piperidine rings is 1. The molecule has 0 radical (unpaired) electrons. The second-order valence-corrected chi connectivity index (χ2v) is 6.43. The molecule has 2 aliphatic heterocycles. The first-order valence-electron chi connectivity index (χ1n) is 6.34. The average molecular weight is 225 g/mol. The Bertz CT molecular complexity index is 291. The second-order valence-electron chi connectivity index (χ2n) is 6.43. The molecule has 2 fully saturated rings. The molecule has 2 heterocycles. The molecule has 0 spiro atoms. The predicted molar refractivity (Wildman–Crippen MR) is 63.4 cm³/mol. The quantitative estimate of drug-likeness (QED) is 0.633. The minimum Gasteiger partial charge on any atom is -0.444 e. The number of hydrogen-bond donors (Lipinski definition) is 0. The molecular formula is C13H23NO2. The Morgan fingerprint density at radius 3 is 2.56 bits per heavy atom. The molecule has 0 N–H and O–H groups in total. The molecule has 2 saturated heterocycles. The lowest BCUT2D eigenvalue weighted by atomic mass is 9.91. The number of ether oxygens (including phenoxy) is 1. The van der Waals surface area contributed by atoms with Crippen molar-refractivity contribution in [3.63, 3.8) is 0 Å². The number of carbonyl (C=O) groups is 1. The van der Waals surface area contributed by atoms with E-state index in [1.54, 1.807) is 0 Å². The minimum absolute atomic E-state index is 0.0608. The van der Waals surface area contributed by atoms with Crippen LogP contribution in [0.5, 0.6) is 0 Å². The molecule has 2 unspecified atom stereocenters. The molecule has 16 heavy (non-hydrogen) atoms. The van der Waals surface area contributed by atoms with E-state index in [-0.39, 0.29) is 17.2 Å². The molecule has 2 rings (SSSR count). The van der Waals surface area contributed by atoms with E-state index in [2.05, 4.69) is 6.92 Å². The number of hydrogen-bond acceptors (Lipinski definition) is 2. The molecule has 0 aromatic rings. The van der Waals surface area contributed by atoms with Crippen LogP contribution in [0.25, 0.3) is 0 Å². The summed E-state index contributed by atoms with van der Waals surface area (Å²) in [6.45, 7) is 7.99. The Labute approximate surface area is 98.1 Å². The molecule has 0 aliphatic carbocycles. The standard InChI is InChI=1S/C13H23NO2/c1-12(2,3)16-11(15)14-10-6-5-8-13(14,4)9-7-10/h10H,5-9H2,1-4H3. The third-order valence-corrected chi connectivity index (χ3v) is 3.81. The highest BCUT2D eigenvalue weighted by Gasteiger charge is 2.49. The van der Waals surface area contributed by atoms with Crippen molar-refractivity contribution >= 4 is 6.09 Å². The zero-order valence-corrected chi connectivity index (χ0v) is 10.9. The Morgan fingerprint density at radius 2 is 2.00 bits per heavy atom. The van der Waals surface area contributed by atoms with Crippen molar-refractivity contribution < 1.29 is 9.53 Å². The van der Waals surface area contributed by atoms with Crippen LogP contribution in [-0.2, 0) is 4.74 Å². The van der Waals surface area contributed by atoms with Crippen molar-refractivity contribution in [3.05, 3.63) is 0 Å². The summed E-state index contributed by atoms with van der Waals surface area (Å²) < 4.78 is 5.51. The number of amides is 1. The van der Waals surface area contributed by atoms with Crippen molar-refractivity contribution in [2.45, 2.75) is 77.0 Å². The normalized spacial score (nSPS) is 34.0. The van der Waals surface area contributed by atoms with Gasteiger partial charge in [-0.1, -0.05) is 0 Å². The van der Waals surface area contributed by atoms with E-state index < -0.39 is 0 Å². The predicted octanol–water partition coefficient (Wildman–Crippen LogP) is 3.33. The van der Waals surface area contributed by atoms with Gasteiger partial charge in [-0.05, 0) is 59.8 Å². The smallest absolute Gasteiger partial charge is 0.410 e. The fraction of sp³-hybridized carbons (Fsp3) is 0.923. The summed E-state index contributed by atoms with van der Waals surface area (Å²) >= 11 is 0. The zero-order valence-electron chi connectivity index (χ0n) is 10.9. The van der Waals surface area contributed by atoms with Crippen molar-refractivity contribution in [2.75, 3.05) is 0 Å². The lowest BCUT2D eigenvalue weighted by Crippen LogP contribution is -2.52. The van der Waals surface area contributed by atoms with Gasteiger partial charge >= 0.3 is 6.09 Å². The van der Waals surface area contributed by atoms with Gasteiger partial charge in [0.05, 0.1) is 0 Å². The lowest BCUT2D eigenvalue weighted by molar-refractivity contribution is -0.0101. The first kappa shape index (κ1) is 11.7. The summed E-state index contributed by atoms with van der Waals surface area (Å²) in [5, 5.41) is 0. The van der Waals surface area contributed by atoms with Crippen molar-refractivity contribution in [3.8, 4) is 0 Å². The third-order valence-electron chi connectivity index (χ3n) is 3.81. The molecule has 2 aliphatic rings. The largest absolute Gasteiger partial charge is 0.444 e. The molecule has 3 heteroatoms. The van der Waals surface area contributed by atoms with Crippen LogP contribution in [0.2, 0.25) is 0 Å². The van der Waals surface area contributed by atoms with Gasteiger partial charge < -0.3 is 4.74 Å². The van der Waals surface area contributed by atoms with E-state index in [9.17, 15) is 4.79 Å². The van der Waals surface area contributed by atoms with Gasteiger partial charge in [0.15, 0.2) is 0 Å². The molecule has 2 bridgehead atoms. The van der Waals surface area contributed by atoms with Gasteiger partial charge in [0, 0.05) is 11.6 Å². The van der Waals surface area contributed by atoms with Crippen LogP contribution in [0.3, 0.4) is 0 Å². The van der Waals surface area contributed by atoms with E-state index >= 15 is 0 Å². The zero-order chi connectivity index (χ0) is 12.0. The molecule has 2 atom stereocenters. The molecular weight excluding hydrogens is 202 g/mol. The van der Waals surface area contributed by atoms with Gasteiger partial charge in [0.1, 0.15) is 5.60 Å². The Morgan fingerprint density at radius 1 is 1.31 bits per heavy atom. The SMILES string of the molecule is CC(C)(C)OC(=O)N1C2CCCC1(C)CC2. The highest BCUT2D eigenvalue weighted by atomic mass is 16.6. The van der Waals surface area contributed by atoms with Crippen molar-refractivity contribution in [1.82, 2.24) is 4.90 Å². The molecule has 0 aromatic carbocycles. The highest BCUT2D eigenvalue weighted by Crippen LogP contribution is 2.44. The molecule has 0 aromatic heterocycles. The van der Waals surface area contributed by atoms with Crippen LogP contribution in [0.4, 0.5) is 4.79 Å². The molecule has 92 valence electrons. The van der Waals surface area contributed by atoms with E-state index in [0.29, 0.717) is 6.04 Å². The van der Waals surface area contributed by atoms with Crippen molar-refractivity contribution in [1.29, 1.82) is 0 Å². The van der Waals surface area contributed by atoms with Gasteiger partial charge in [-0.25, -0.2) is 4.79 Å². The molecule has 3 nitrogen and oxygen atoms in total. The fourth-order valence-corrected chi connectivity index (χ4v) is 3.09. The summed E-state index contributed by atoms with van der Waals surface area (Å²) in [7, 11) is 0. The number of rotatable bonds is 0. The molecule has 1 amide bonds. The minimum atomic E-state index is -0.385. The van der Waals surface area contributed by atoms with Crippen LogP contribution in [0.15, 0.2) is 0 Å². The summed E-state index contributed by atoms with van der Waals surface area (Å²) in [5.41, 5.74) is -0.324. The first-order valence-corrected chi connectivity index (χ1v) is 6.34. The third kappa shape index (κ3) is 2.04. The highest BCUT2D eigenvalue weighted by molar-refractivity contribution is 5.70. The van der Waals surface area contributed by atoms with Gasteiger partial charge in [0.2, 0.25) is 0 Å². The fourth-order valence-electron chi connectivity index (χ4n) is 3.09. The molecule has 0 saturated carbocycles. The topological polar surface area (TPSA) is 29.5 Å². The summed E-state index contributed by atoms with van der Waals surface area (Å²) in [4.78, 5) is 14.2. The Hall–Kier alpha value is -0.730. The van der Waals surface area contributed by atoms with Crippen LogP contribution >= 0.6 is 0 Å².